The minimum absolute atomic E-state index is 0.0752. The maximum Gasteiger partial charge on any atom is 0.252 e. The van der Waals surface area contributed by atoms with E-state index in [-0.39, 0.29) is 29.0 Å². The molecule has 1 unspecified atom stereocenters. The van der Waals surface area contributed by atoms with Gasteiger partial charge in [-0.25, -0.2) is 12.7 Å². The van der Waals surface area contributed by atoms with Gasteiger partial charge in [-0.1, -0.05) is 49.7 Å². The van der Waals surface area contributed by atoms with E-state index < -0.39 is 10.0 Å². The van der Waals surface area contributed by atoms with Crippen LogP contribution in [0.4, 0.5) is 0 Å². The molecule has 1 fully saturated rings. The lowest BCUT2D eigenvalue weighted by atomic mass is 9.71. The fourth-order valence-electron chi connectivity index (χ4n) is 5.19. The second-order valence-electron chi connectivity index (χ2n) is 9.24. The van der Waals surface area contributed by atoms with E-state index in [9.17, 15) is 13.2 Å². The minimum Gasteiger partial charge on any atom is -0.348 e. The molecule has 8 heteroatoms. The predicted molar refractivity (Wildman–Crippen MR) is 137 cm³/mol. The van der Waals surface area contributed by atoms with Crippen molar-refractivity contribution in [3.8, 4) is 0 Å². The normalized spacial score (nSPS) is 20.5. The largest absolute Gasteiger partial charge is 0.348 e. The summed E-state index contributed by atoms with van der Waals surface area (Å²) < 4.78 is 28.0. The van der Waals surface area contributed by atoms with Gasteiger partial charge >= 0.3 is 0 Å². The van der Waals surface area contributed by atoms with Crippen molar-refractivity contribution in [3.05, 3.63) is 67.7 Å². The molecule has 1 saturated heterocycles. The van der Waals surface area contributed by atoms with Crippen molar-refractivity contribution in [2.45, 2.75) is 44.6 Å². The molecular weight excluding hydrogens is 559 g/mol. The standard InChI is InChI=1S/C24H28ClIN2O3S/c1-16(2)15-32(30,31)28-11-9-24(10-12-28)20-6-4-3-5-17(20)13-22(24)27-23(29)19-8-7-18(25)14-21(19)26/h3-8,14,16,22H,9-13,15H2,1-2H3,(H,27,29). The van der Waals surface area contributed by atoms with Crippen LogP contribution in [0.3, 0.4) is 0 Å². The molecule has 0 radical (unpaired) electrons. The summed E-state index contributed by atoms with van der Waals surface area (Å²) in [6.07, 6.45) is 2.15. The molecule has 1 spiro atoms. The molecule has 1 aliphatic carbocycles. The van der Waals surface area contributed by atoms with E-state index in [2.05, 4.69) is 40.0 Å². The molecule has 1 atom stereocenters. The number of rotatable bonds is 5. The summed E-state index contributed by atoms with van der Waals surface area (Å²) in [7, 11) is -3.27. The third kappa shape index (κ3) is 4.58. The highest BCUT2D eigenvalue weighted by molar-refractivity contribution is 14.1. The number of hydrogen-bond donors (Lipinski definition) is 1. The Morgan fingerprint density at radius 2 is 1.91 bits per heavy atom. The quantitative estimate of drug-likeness (QED) is 0.520. The maximum atomic E-state index is 13.2. The summed E-state index contributed by atoms with van der Waals surface area (Å²) in [6, 6.07) is 13.5. The lowest BCUT2D eigenvalue weighted by Gasteiger charge is -2.43. The van der Waals surface area contributed by atoms with Crippen molar-refractivity contribution in [2.75, 3.05) is 18.8 Å². The number of amides is 1. The Balaban J connectivity index is 1.59. The Hall–Kier alpha value is -1.16. The van der Waals surface area contributed by atoms with Crippen molar-refractivity contribution in [1.29, 1.82) is 0 Å². The zero-order valence-corrected chi connectivity index (χ0v) is 22.0. The van der Waals surface area contributed by atoms with Gasteiger partial charge in [0.25, 0.3) is 5.91 Å². The van der Waals surface area contributed by atoms with Crippen LogP contribution in [0.2, 0.25) is 5.02 Å². The Morgan fingerprint density at radius 3 is 2.56 bits per heavy atom. The highest BCUT2D eigenvalue weighted by Gasteiger charge is 2.50. The number of fused-ring (bicyclic) bond motifs is 2. The zero-order chi connectivity index (χ0) is 23.1. The average Bonchev–Trinajstić information content (AvgIpc) is 3.00. The molecule has 2 aromatic carbocycles. The topological polar surface area (TPSA) is 66.5 Å². The second kappa shape index (κ2) is 9.24. The number of benzene rings is 2. The van der Waals surface area contributed by atoms with Gasteiger partial charge in [0.15, 0.2) is 0 Å². The smallest absolute Gasteiger partial charge is 0.252 e. The zero-order valence-electron chi connectivity index (χ0n) is 18.3. The Labute approximate surface area is 209 Å². The number of nitrogens with one attached hydrogen (secondary N) is 1. The van der Waals surface area contributed by atoms with Crippen molar-refractivity contribution >= 4 is 50.1 Å². The molecule has 2 aliphatic rings. The molecule has 1 heterocycles. The number of carbonyl (C=O) groups is 1. The monoisotopic (exact) mass is 586 g/mol. The first-order chi connectivity index (χ1) is 15.1. The van der Waals surface area contributed by atoms with E-state index in [1.54, 1.807) is 22.5 Å². The number of carbonyl (C=O) groups excluding carboxylic acids is 1. The van der Waals surface area contributed by atoms with E-state index in [1.807, 2.05) is 26.0 Å². The highest BCUT2D eigenvalue weighted by Crippen LogP contribution is 2.47. The lowest BCUT2D eigenvalue weighted by molar-refractivity contribution is 0.0896. The summed E-state index contributed by atoms with van der Waals surface area (Å²) in [6.45, 7) is 4.82. The summed E-state index contributed by atoms with van der Waals surface area (Å²) in [5.74, 6) is 0.154. The fourth-order valence-corrected chi connectivity index (χ4v) is 8.10. The van der Waals surface area contributed by atoms with Crippen LogP contribution in [0.15, 0.2) is 42.5 Å². The van der Waals surface area contributed by atoms with Gasteiger partial charge in [-0.15, -0.1) is 0 Å². The van der Waals surface area contributed by atoms with Crippen molar-refractivity contribution in [3.63, 3.8) is 0 Å². The molecule has 1 N–H and O–H groups in total. The third-order valence-corrected chi connectivity index (χ3v) is 10.0. The molecule has 5 nitrogen and oxygen atoms in total. The van der Waals surface area contributed by atoms with E-state index in [0.717, 1.165) is 9.99 Å². The molecule has 2 aromatic rings. The summed E-state index contributed by atoms with van der Waals surface area (Å²) in [5.41, 5.74) is 2.84. The second-order valence-corrected chi connectivity index (χ2v) is 12.9. The summed E-state index contributed by atoms with van der Waals surface area (Å²) in [5, 5.41) is 3.90. The van der Waals surface area contributed by atoms with Crippen LogP contribution in [-0.2, 0) is 21.9 Å². The SMILES string of the molecule is CC(C)CS(=O)(=O)N1CCC2(CC1)c1ccccc1CC2NC(=O)c1ccc(Cl)cc1I. The lowest BCUT2D eigenvalue weighted by Crippen LogP contribution is -2.55. The fraction of sp³-hybridized carbons (Fsp3) is 0.458. The first-order valence-corrected chi connectivity index (χ1v) is 14.0. The van der Waals surface area contributed by atoms with Gasteiger partial charge in [0.1, 0.15) is 0 Å². The van der Waals surface area contributed by atoms with E-state index in [0.29, 0.717) is 36.5 Å². The van der Waals surface area contributed by atoms with Crippen LogP contribution in [0.25, 0.3) is 0 Å². The summed E-state index contributed by atoms with van der Waals surface area (Å²) in [4.78, 5) is 13.2. The molecule has 0 bridgehead atoms. The summed E-state index contributed by atoms with van der Waals surface area (Å²) >= 11 is 8.20. The first kappa shape index (κ1) is 24.0. The highest BCUT2D eigenvalue weighted by atomic mass is 127. The number of piperidine rings is 1. The van der Waals surface area contributed by atoms with Gasteiger partial charge in [0, 0.05) is 33.1 Å². The van der Waals surface area contributed by atoms with E-state index >= 15 is 0 Å². The Bertz CT molecular complexity index is 1130. The van der Waals surface area contributed by atoms with Crippen LogP contribution in [0.5, 0.6) is 0 Å². The van der Waals surface area contributed by atoms with Crippen LogP contribution in [0.1, 0.15) is 48.2 Å². The van der Waals surface area contributed by atoms with Gasteiger partial charge in [-0.2, -0.15) is 0 Å². The number of sulfonamides is 1. The average molecular weight is 587 g/mol. The predicted octanol–water partition coefficient (Wildman–Crippen LogP) is 4.62. The van der Waals surface area contributed by atoms with Gasteiger partial charge in [-0.05, 0) is 77.1 Å². The van der Waals surface area contributed by atoms with E-state index in [4.69, 9.17) is 11.6 Å². The first-order valence-electron chi connectivity index (χ1n) is 10.9. The van der Waals surface area contributed by atoms with Crippen molar-refractivity contribution in [2.24, 2.45) is 5.92 Å². The van der Waals surface area contributed by atoms with Gasteiger partial charge < -0.3 is 5.32 Å². The van der Waals surface area contributed by atoms with Gasteiger partial charge in [0.2, 0.25) is 10.0 Å². The molecule has 32 heavy (non-hydrogen) atoms. The minimum atomic E-state index is -3.27. The Kier molecular flexibility index (Phi) is 6.92. The van der Waals surface area contributed by atoms with Crippen molar-refractivity contribution in [1.82, 2.24) is 9.62 Å². The van der Waals surface area contributed by atoms with Gasteiger partial charge in [0.05, 0.1) is 11.3 Å². The molecule has 172 valence electrons. The number of hydrogen-bond acceptors (Lipinski definition) is 3. The van der Waals surface area contributed by atoms with E-state index in [1.165, 1.54) is 11.1 Å². The molecule has 4 rings (SSSR count). The number of nitrogens with zero attached hydrogens (tertiary/aromatic N) is 1. The van der Waals surface area contributed by atoms with Crippen LogP contribution >= 0.6 is 34.2 Å². The molecule has 1 amide bonds. The Morgan fingerprint density at radius 1 is 1.22 bits per heavy atom. The number of halogens is 2. The van der Waals surface area contributed by atoms with Crippen LogP contribution in [0, 0.1) is 9.49 Å². The third-order valence-electron chi connectivity index (χ3n) is 6.68. The molecule has 0 saturated carbocycles. The maximum absolute atomic E-state index is 13.2. The van der Waals surface area contributed by atoms with Gasteiger partial charge in [-0.3, -0.25) is 4.79 Å². The molecule has 1 aliphatic heterocycles. The molecule has 0 aromatic heterocycles. The van der Waals surface area contributed by atoms with Crippen molar-refractivity contribution < 1.29 is 13.2 Å². The van der Waals surface area contributed by atoms with Crippen LogP contribution < -0.4 is 5.32 Å². The molecular formula is C24H28ClIN2O3S. The van der Waals surface area contributed by atoms with Crippen LogP contribution in [-0.4, -0.2) is 43.5 Å².